The number of ether oxygens (including phenoxy) is 1. The number of hydrogen-bond acceptors (Lipinski definition) is 4. The highest BCUT2D eigenvalue weighted by molar-refractivity contribution is 9.10. The van der Waals surface area contributed by atoms with Crippen LogP contribution in [-0.2, 0) is 14.3 Å². The fourth-order valence-corrected chi connectivity index (χ4v) is 4.32. The van der Waals surface area contributed by atoms with Gasteiger partial charge in [0.25, 0.3) is 5.91 Å². The normalized spacial score (nSPS) is 22.1. The Morgan fingerprint density at radius 2 is 2.08 bits per heavy atom. The minimum Gasteiger partial charge on any atom is -0.383 e. The minimum atomic E-state index is -0.451. The number of dihydropyridines is 1. The Morgan fingerprint density at radius 1 is 1.27 bits per heavy atom. The van der Waals surface area contributed by atoms with Crippen molar-refractivity contribution in [1.82, 2.24) is 10.2 Å². The molecule has 1 unspecified atom stereocenters. The second kappa shape index (κ2) is 6.63. The van der Waals surface area contributed by atoms with Crippen molar-refractivity contribution in [2.24, 2.45) is 0 Å². The molecule has 5 nitrogen and oxygen atoms in total. The van der Waals surface area contributed by atoms with E-state index in [9.17, 15) is 14.0 Å². The molecule has 1 N–H and O–H groups in total. The first kappa shape index (κ1) is 17.4. The van der Waals surface area contributed by atoms with E-state index < -0.39 is 5.92 Å². The van der Waals surface area contributed by atoms with Crippen LogP contribution in [0.5, 0.6) is 0 Å². The van der Waals surface area contributed by atoms with Crippen LogP contribution < -0.4 is 5.32 Å². The molecular formula is C19H18BrFN2O3. The van der Waals surface area contributed by atoms with Crippen LogP contribution in [0, 0.1) is 5.82 Å². The fourth-order valence-electron chi connectivity index (χ4n) is 3.93. The van der Waals surface area contributed by atoms with E-state index in [2.05, 4.69) is 21.2 Å². The van der Waals surface area contributed by atoms with E-state index in [0.29, 0.717) is 48.2 Å². The molecule has 4 rings (SSSR count). The van der Waals surface area contributed by atoms with Crippen LogP contribution in [0.1, 0.15) is 24.3 Å². The predicted molar refractivity (Wildman–Crippen MR) is 96.7 cm³/mol. The van der Waals surface area contributed by atoms with Gasteiger partial charge in [-0.3, -0.25) is 9.59 Å². The van der Waals surface area contributed by atoms with Gasteiger partial charge in [-0.25, -0.2) is 4.39 Å². The Morgan fingerprint density at radius 3 is 2.81 bits per heavy atom. The Hall–Kier alpha value is -1.99. The molecule has 0 spiro atoms. The smallest absolute Gasteiger partial charge is 0.253 e. The average Bonchev–Trinajstić information content (AvgIpc) is 3.14. The number of nitrogens with zero attached hydrogens (tertiary/aromatic N) is 1. The van der Waals surface area contributed by atoms with Crippen molar-refractivity contribution >= 4 is 27.6 Å². The van der Waals surface area contributed by atoms with E-state index in [-0.39, 0.29) is 17.5 Å². The van der Waals surface area contributed by atoms with Gasteiger partial charge >= 0.3 is 0 Å². The van der Waals surface area contributed by atoms with Crippen LogP contribution in [0.2, 0.25) is 0 Å². The van der Waals surface area contributed by atoms with Crippen molar-refractivity contribution in [3.63, 3.8) is 0 Å². The van der Waals surface area contributed by atoms with Crippen molar-refractivity contribution in [1.29, 1.82) is 0 Å². The molecule has 0 radical (unpaired) electrons. The fraction of sp³-hybridized carbons (Fsp3) is 0.368. The van der Waals surface area contributed by atoms with Crippen LogP contribution in [0.15, 0.2) is 45.2 Å². The first-order valence-electron chi connectivity index (χ1n) is 8.50. The Kier molecular flexibility index (Phi) is 4.44. The van der Waals surface area contributed by atoms with Gasteiger partial charge in [0, 0.05) is 43.0 Å². The number of carbonyl (C=O) groups is 2. The summed E-state index contributed by atoms with van der Waals surface area (Å²) in [7, 11) is 1.60. The van der Waals surface area contributed by atoms with Gasteiger partial charge in [-0.15, -0.1) is 0 Å². The maximum Gasteiger partial charge on any atom is 0.253 e. The summed E-state index contributed by atoms with van der Waals surface area (Å²) in [5.41, 5.74) is 3.71. The molecule has 26 heavy (non-hydrogen) atoms. The minimum absolute atomic E-state index is 0.0487. The molecule has 0 aromatic heterocycles. The van der Waals surface area contributed by atoms with E-state index >= 15 is 0 Å². The van der Waals surface area contributed by atoms with Gasteiger partial charge in [0.15, 0.2) is 5.78 Å². The maximum absolute atomic E-state index is 13.7. The SMILES string of the molecule is COCCN1CC2=C(C1=O)C(c1ccc(F)c(Br)c1)C1=C(CCC1=O)N2. The predicted octanol–water partition coefficient (Wildman–Crippen LogP) is 2.63. The molecule has 2 heterocycles. The molecule has 136 valence electrons. The Balaban J connectivity index is 1.78. The number of Topliss-reactive ketones (excluding diaryl/α,β-unsaturated/α-hetero) is 1. The number of amides is 1. The largest absolute Gasteiger partial charge is 0.383 e. The zero-order valence-electron chi connectivity index (χ0n) is 14.3. The molecule has 0 saturated carbocycles. The third kappa shape index (κ3) is 2.70. The highest BCUT2D eigenvalue weighted by Gasteiger charge is 2.45. The Bertz CT molecular complexity index is 878. The van der Waals surface area contributed by atoms with Crippen molar-refractivity contribution in [3.8, 4) is 0 Å². The summed E-state index contributed by atoms with van der Waals surface area (Å²) in [4.78, 5) is 27.3. The topological polar surface area (TPSA) is 58.6 Å². The summed E-state index contributed by atoms with van der Waals surface area (Å²) in [6.07, 6.45) is 1.09. The monoisotopic (exact) mass is 420 g/mol. The van der Waals surface area contributed by atoms with Crippen molar-refractivity contribution < 1.29 is 18.7 Å². The van der Waals surface area contributed by atoms with Gasteiger partial charge < -0.3 is 15.0 Å². The zero-order chi connectivity index (χ0) is 18.4. The lowest BCUT2D eigenvalue weighted by Gasteiger charge is -2.26. The van der Waals surface area contributed by atoms with Crippen molar-refractivity contribution in [3.05, 3.63) is 56.6 Å². The summed E-state index contributed by atoms with van der Waals surface area (Å²) < 4.78 is 19.1. The number of rotatable bonds is 4. The van der Waals surface area contributed by atoms with Crippen LogP contribution in [0.3, 0.4) is 0 Å². The number of carbonyl (C=O) groups excluding carboxylic acids is 2. The van der Waals surface area contributed by atoms with E-state index in [1.807, 2.05) is 0 Å². The van der Waals surface area contributed by atoms with Crippen LogP contribution in [-0.4, -0.2) is 43.4 Å². The first-order chi connectivity index (χ1) is 12.5. The molecule has 7 heteroatoms. The van der Waals surface area contributed by atoms with Gasteiger partial charge in [0.1, 0.15) is 5.82 Å². The summed E-state index contributed by atoms with van der Waals surface area (Å²) in [6.45, 7) is 1.41. The second-order valence-electron chi connectivity index (χ2n) is 6.66. The average molecular weight is 421 g/mol. The maximum atomic E-state index is 13.7. The highest BCUT2D eigenvalue weighted by Crippen LogP contribution is 2.45. The Labute approximate surface area is 159 Å². The number of halogens is 2. The number of nitrogens with one attached hydrogen (secondary N) is 1. The summed E-state index contributed by atoms with van der Waals surface area (Å²) in [5, 5.41) is 3.32. The van der Waals surface area contributed by atoms with E-state index in [1.165, 1.54) is 6.07 Å². The highest BCUT2D eigenvalue weighted by atomic mass is 79.9. The lowest BCUT2D eigenvalue weighted by molar-refractivity contribution is -0.126. The molecular weight excluding hydrogens is 403 g/mol. The molecule has 1 aromatic rings. The number of allylic oxidation sites excluding steroid dienone is 2. The first-order valence-corrected chi connectivity index (χ1v) is 9.30. The van der Waals surface area contributed by atoms with E-state index in [1.54, 1.807) is 24.1 Å². The molecule has 2 aliphatic heterocycles. The summed E-state index contributed by atoms with van der Waals surface area (Å²) in [5.74, 6) is -0.870. The number of benzene rings is 1. The van der Waals surface area contributed by atoms with E-state index in [0.717, 1.165) is 17.0 Å². The van der Waals surface area contributed by atoms with Gasteiger partial charge in [0.05, 0.1) is 23.2 Å². The summed E-state index contributed by atoms with van der Waals surface area (Å²) in [6, 6.07) is 4.68. The second-order valence-corrected chi connectivity index (χ2v) is 7.51. The summed E-state index contributed by atoms with van der Waals surface area (Å²) >= 11 is 3.21. The molecule has 3 aliphatic rings. The molecule has 0 saturated heterocycles. The van der Waals surface area contributed by atoms with Gasteiger partial charge in [0.2, 0.25) is 0 Å². The third-order valence-electron chi connectivity index (χ3n) is 5.14. The van der Waals surface area contributed by atoms with Gasteiger partial charge in [-0.1, -0.05) is 6.07 Å². The van der Waals surface area contributed by atoms with Crippen LogP contribution in [0.25, 0.3) is 0 Å². The van der Waals surface area contributed by atoms with Crippen molar-refractivity contribution in [2.45, 2.75) is 18.8 Å². The molecule has 0 bridgehead atoms. The number of hydrogen-bond donors (Lipinski definition) is 1. The number of methoxy groups -OCH3 is 1. The number of ketones is 1. The molecule has 1 aliphatic carbocycles. The van der Waals surface area contributed by atoms with Crippen molar-refractivity contribution in [2.75, 3.05) is 26.8 Å². The third-order valence-corrected chi connectivity index (χ3v) is 5.75. The lowest BCUT2D eigenvalue weighted by Crippen LogP contribution is -2.31. The quantitative estimate of drug-likeness (QED) is 0.813. The standard InChI is InChI=1S/C19H18BrFN2O3/c1-26-7-6-23-9-14-18(19(23)25)16(10-2-3-12(21)11(20)8-10)17-13(22-14)4-5-15(17)24/h2-3,8,16,22H,4-7,9H2,1H3. The molecule has 1 amide bonds. The van der Waals surface area contributed by atoms with Gasteiger partial charge in [-0.05, 0) is 40.0 Å². The lowest BCUT2D eigenvalue weighted by atomic mass is 9.81. The van der Waals surface area contributed by atoms with Crippen LogP contribution >= 0.6 is 15.9 Å². The molecule has 0 fully saturated rings. The van der Waals surface area contributed by atoms with E-state index in [4.69, 9.17) is 4.74 Å². The van der Waals surface area contributed by atoms with Crippen LogP contribution in [0.4, 0.5) is 4.39 Å². The molecule has 1 aromatic carbocycles. The zero-order valence-corrected chi connectivity index (χ0v) is 15.9. The van der Waals surface area contributed by atoms with Gasteiger partial charge in [-0.2, -0.15) is 0 Å². The molecule has 1 atom stereocenters.